The van der Waals surface area contributed by atoms with E-state index in [0.29, 0.717) is 17.4 Å². The van der Waals surface area contributed by atoms with E-state index in [1.165, 1.54) is 19.3 Å². The van der Waals surface area contributed by atoms with Crippen molar-refractivity contribution >= 4 is 5.97 Å². The Labute approximate surface area is 123 Å². The van der Waals surface area contributed by atoms with Crippen LogP contribution in [0.25, 0.3) is 0 Å². The van der Waals surface area contributed by atoms with E-state index in [0.717, 1.165) is 38.5 Å². The fourth-order valence-corrected chi connectivity index (χ4v) is 4.06. The van der Waals surface area contributed by atoms with Gasteiger partial charge >= 0.3 is 5.97 Å². The van der Waals surface area contributed by atoms with Crippen molar-refractivity contribution in [1.29, 1.82) is 0 Å². The molecular weight excluding hydrogens is 250 g/mol. The van der Waals surface area contributed by atoms with Gasteiger partial charge in [-0.2, -0.15) is 0 Å². The van der Waals surface area contributed by atoms with E-state index in [1.54, 1.807) is 0 Å². The minimum Gasteiger partial charge on any atom is -0.480 e. The highest BCUT2D eigenvalue weighted by Gasteiger charge is 2.45. The maximum Gasteiger partial charge on any atom is 0.323 e. The van der Waals surface area contributed by atoms with Crippen LogP contribution in [-0.2, 0) is 4.79 Å². The minimum atomic E-state index is -0.644. The quantitative estimate of drug-likeness (QED) is 0.801. The summed E-state index contributed by atoms with van der Waals surface area (Å²) in [5.41, 5.74) is -0.298. The number of aliphatic carboxylic acids is 1. The zero-order valence-electron chi connectivity index (χ0n) is 13.4. The molecule has 2 rings (SSSR count). The first-order valence-corrected chi connectivity index (χ1v) is 8.41. The molecule has 2 fully saturated rings. The van der Waals surface area contributed by atoms with Crippen molar-refractivity contribution < 1.29 is 9.90 Å². The number of rotatable bonds is 5. The van der Waals surface area contributed by atoms with Crippen LogP contribution in [0.3, 0.4) is 0 Å². The van der Waals surface area contributed by atoms with E-state index in [2.05, 4.69) is 26.1 Å². The Bertz CT molecular complexity index is 337. The van der Waals surface area contributed by atoms with E-state index in [-0.39, 0.29) is 0 Å². The third-order valence-corrected chi connectivity index (χ3v) is 6.10. The smallest absolute Gasteiger partial charge is 0.323 e. The molecule has 0 unspecified atom stereocenters. The summed E-state index contributed by atoms with van der Waals surface area (Å²) in [6.07, 6.45) is 9.67. The maximum absolute atomic E-state index is 11.8. The van der Waals surface area contributed by atoms with Gasteiger partial charge in [0.05, 0.1) is 0 Å². The van der Waals surface area contributed by atoms with Crippen LogP contribution < -0.4 is 5.32 Å². The molecule has 2 aliphatic carbocycles. The number of carbonyl (C=O) groups is 1. The lowest BCUT2D eigenvalue weighted by Crippen LogP contribution is -2.57. The van der Waals surface area contributed by atoms with Gasteiger partial charge in [-0.15, -0.1) is 0 Å². The van der Waals surface area contributed by atoms with Crippen molar-refractivity contribution in [2.45, 2.75) is 90.1 Å². The molecule has 3 nitrogen and oxygen atoms in total. The Balaban J connectivity index is 2.00. The molecule has 0 amide bonds. The van der Waals surface area contributed by atoms with Crippen LogP contribution in [0.15, 0.2) is 0 Å². The molecule has 0 saturated heterocycles. The van der Waals surface area contributed by atoms with Gasteiger partial charge in [-0.3, -0.25) is 10.1 Å². The predicted molar refractivity (Wildman–Crippen MR) is 81.8 cm³/mol. The Morgan fingerprint density at radius 3 is 2.20 bits per heavy atom. The molecule has 0 aromatic heterocycles. The summed E-state index contributed by atoms with van der Waals surface area (Å²) in [5, 5.41) is 13.3. The summed E-state index contributed by atoms with van der Waals surface area (Å²) in [6, 6.07) is 0.432. The first-order valence-electron chi connectivity index (χ1n) is 8.41. The fraction of sp³-hybridized carbons (Fsp3) is 0.941. The summed E-state index contributed by atoms with van der Waals surface area (Å²) in [5.74, 6) is 0.0440. The highest BCUT2D eigenvalue weighted by atomic mass is 16.4. The Hall–Kier alpha value is -0.570. The summed E-state index contributed by atoms with van der Waals surface area (Å²) in [4.78, 5) is 11.8. The summed E-state index contributed by atoms with van der Waals surface area (Å²) < 4.78 is 0. The SMILES string of the molecule is CCC(C)(C)C1CCC(NC2CCCC2)(C(=O)O)CC1. The van der Waals surface area contributed by atoms with E-state index in [4.69, 9.17) is 0 Å². The third-order valence-electron chi connectivity index (χ3n) is 6.10. The molecule has 2 aliphatic rings. The molecule has 0 atom stereocenters. The van der Waals surface area contributed by atoms with E-state index in [1.807, 2.05) is 0 Å². The summed E-state index contributed by atoms with van der Waals surface area (Å²) in [7, 11) is 0. The van der Waals surface area contributed by atoms with Crippen LogP contribution >= 0.6 is 0 Å². The lowest BCUT2D eigenvalue weighted by atomic mass is 9.65. The molecule has 0 bridgehead atoms. The molecule has 3 heteroatoms. The number of carboxylic acids is 1. The normalized spacial score (nSPS) is 32.5. The standard InChI is InChI=1S/C17H31NO2/c1-4-16(2,3)13-9-11-17(12-10-13,15(19)20)18-14-7-5-6-8-14/h13-14,18H,4-12H2,1-3H3,(H,19,20). The van der Waals surface area contributed by atoms with E-state index in [9.17, 15) is 9.90 Å². The zero-order valence-corrected chi connectivity index (χ0v) is 13.4. The van der Waals surface area contributed by atoms with Gasteiger partial charge < -0.3 is 5.11 Å². The lowest BCUT2D eigenvalue weighted by molar-refractivity contribution is -0.147. The van der Waals surface area contributed by atoms with Crippen molar-refractivity contribution in [2.75, 3.05) is 0 Å². The fourth-order valence-electron chi connectivity index (χ4n) is 4.06. The summed E-state index contributed by atoms with van der Waals surface area (Å²) in [6.45, 7) is 6.90. The predicted octanol–water partition coefficient (Wildman–Crippen LogP) is 3.97. The van der Waals surface area contributed by atoms with E-state index < -0.39 is 11.5 Å². The molecule has 0 heterocycles. The van der Waals surface area contributed by atoms with Crippen LogP contribution in [0.5, 0.6) is 0 Å². The van der Waals surface area contributed by atoms with Gasteiger partial charge in [-0.1, -0.05) is 40.0 Å². The van der Waals surface area contributed by atoms with E-state index >= 15 is 0 Å². The second-order valence-electron chi connectivity index (χ2n) is 7.63. The third kappa shape index (κ3) is 3.19. The molecule has 2 N–H and O–H groups in total. The van der Waals surface area contributed by atoms with Gasteiger partial charge in [0.1, 0.15) is 5.54 Å². The molecular formula is C17H31NO2. The Kier molecular flexibility index (Phi) is 4.78. The average Bonchev–Trinajstić information content (AvgIpc) is 2.92. The Morgan fingerprint density at radius 2 is 1.75 bits per heavy atom. The second kappa shape index (κ2) is 6.05. The van der Waals surface area contributed by atoms with Gasteiger partial charge in [-0.25, -0.2) is 0 Å². The number of hydrogen-bond acceptors (Lipinski definition) is 2. The van der Waals surface area contributed by atoms with Gasteiger partial charge in [0.2, 0.25) is 0 Å². The van der Waals surface area contributed by atoms with Crippen molar-refractivity contribution in [3.05, 3.63) is 0 Å². The highest BCUT2D eigenvalue weighted by Crippen LogP contribution is 2.44. The van der Waals surface area contributed by atoms with Crippen LogP contribution in [0.2, 0.25) is 0 Å². The molecule has 0 aromatic rings. The molecule has 20 heavy (non-hydrogen) atoms. The van der Waals surface area contributed by atoms with Crippen molar-refractivity contribution in [3.8, 4) is 0 Å². The van der Waals surface area contributed by atoms with Crippen LogP contribution in [0.1, 0.15) is 78.6 Å². The molecule has 0 aromatic carbocycles. The average molecular weight is 281 g/mol. The monoisotopic (exact) mass is 281 g/mol. The molecule has 0 radical (unpaired) electrons. The van der Waals surface area contributed by atoms with Crippen LogP contribution in [0, 0.1) is 11.3 Å². The van der Waals surface area contributed by atoms with Gasteiger partial charge in [0, 0.05) is 6.04 Å². The minimum absolute atomic E-state index is 0.345. The number of nitrogens with one attached hydrogen (secondary N) is 1. The van der Waals surface area contributed by atoms with Crippen LogP contribution in [0.4, 0.5) is 0 Å². The number of hydrogen-bond donors (Lipinski definition) is 2. The van der Waals surface area contributed by atoms with Gasteiger partial charge in [-0.05, 0) is 49.9 Å². The number of carboxylic acid groups (broad SMARTS) is 1. The highest BCUT2D eigenvalue weighted by molar-refractivity contribution is 5.79. The van der Waals surface area contributed by atoms with Crippen molar-refractivity contribution in [3.63, 3.8) is 0 Å². The summed E-state index contributed by atoms with van der Waals surface area (Å²) >= 11 is 0. The topological polar surface area (TPSA) is 49.3 Å². The lowest BCUT2D eigenvalue weighted by Gasteiger charge is -2.44. The molecule has 0 aliphatic heterocycles. The molecule has 0 spiro atoms. The molecule has 116 valence electrons. The maximum atomic E-state index is 11.8. The van der Waals surface area contributed by atoms with Crippen molar-refractivity contribution in [1.82, 2.24) is 5.32 Å². The van der Waals surface area contributed by atoms with Crippen molar-refractivity contribution in [2.24, 2.45) is 11.3 Å². The second-order valence-corrected chi connectivity index (χ2v) is 7.63. The van der Waals surface area contributed by atoms with Gasteiger partial charge in [0.25, 0.3) is 0 Å². The zero-order chi connectivity index (χ0) is 14.8. The van der Waals surface area contributed by atoms with Crippen LogP contribution in [-0.4, -0.2) is 22.7 Å². The molecule has 2 saturated carbocycles. The first kappa shape index (κ1) is 15.8. The largest absolute Gasteiger partial charge is 0.480 e. The van der Waals surface area contributed by atoms with Gasteiger partial charge in [0.15, 0.2) is 0 Å². The Morgan fingerprint density at radius 1 is 1.20 bits per heavy atom. The first-order chi connectivity index (χ1) is 9.39.